The third-order valence-electron chi connectivity index (χ3n) is 3.69. The van der Waals surface area contributed by atoms with Crippen molar-refractivity contribution in [1.82, 2.24) is 9.78 Å². The lowest BCUT2D eigenvalue weighted by atomic mass is 10.2. The van der Waals surface area contributed by atoms with Crippen LogP contribution in [-0.4, -0.2) is 35.2 Å². The van der Waals surface area contributed by atoms with Crippen molar-refractivity contribution in [3.63, 3.8) is 0 Å². The van der Waals surface area contributed by atoms with Crippen molar-refractivity contribution in [3.8, 4) is 17.4 Å². The normalized spacial score (nSPS) is 11.8. The number of hydrogen-bond acceptors (Lipinski definition) is 6. The molecule has 134 valence electrons. The van der Waals surface area contributed by atoms with E-state index in [1.54, 1.807) is 11.7 Å². The fourth-order valence-electron chi connectivity index (χ4n) is 2.22. The average Bonchev–Trinajstić information content (AvgIpc) is 2.82. The molecule has 0 aliphatic rings. The number of ether oxygens (including phenoxy) is 3. The average molecular weight is 367 g/mol. The number of carbonyl (C=O) groups is 2. The zero-order valence-corrected chi connectivity index (χ0v) is 15.4. The highest BCUT2D eigenvalue weighted by Crippen LogP contribution is 2.36. The maximum atomic E-state index is 11.5. The second-order valence-electron chi connectivity index (χ2n) is 5.46. The van der Waals surface area contributed by atoms with Gasteiger partial charge in [0.25, 0.3) is 0 Å². The third-order valence-corrected chi connectivity index (χ3v) is 3.99. The molecule has 0 fully saturated rings. The maximum Gasteiger partial charge on any atom is 0.346 e. The second kappa shape index (κ2) is 7.57. The van der Waals surface area contributed by atoms with E-state index in [-0.39, 0.29) is 22.1 Å². The minimum atomic E-state index is -0.890. The molecule has 7 nitrogen and oxygen atoms in total. The van der Waals surface area contributed by atoms with Crippen molar-refractivity contribution in [2.45, 2.75) is 26.9 Å². The highest BCUT2D eigenvalue weighted by molar-refractivity contribution is 6.32. The van der Waals surface area contributed by atoms with Crippen LogP contribution in [0.25, 0.3) is 0 Å². The summed E-state index contributed by atoms with van der Waals surface area (Å²) in [6.45, 7) is 5.26. The van der Waals surface area contributed by atoms with Gasteiger partial charge in [0.15, 0.2) is 18.1 Å². The first kappa shape index (κ1) is 18.8. The number of carbonyl (C=O) groups excluding carboxylic acids is 2. The van der Waals surface area contributed by atoms with Gasteiger partial charge in [0, 0.05) is 18.7 Å². The van der Waals surface area contributed by atoms with Gasteiger partial charge in [0.05, 0.1) is 23.4 Å². The van der Waals surface area contributed by atoms with E-state index in [0.29, 0.717) is 12.2 Å². The summed E-state index contributed by atoms with van der Waals surface area (Å²) in [5.41, 5.74) is 1.89. The smallest absolute Gasteiger partial charge is 0.346 e. The van der Waals surface area contributed by atoms with Crippen LogP contribution < -0.4 is 9.47 Å². The zero-order valence-electron chi connectivity index (χ0n) is 14.6. The Morgan fingerprint density at radius 3 is 2.52 bits per heavy atom. The lowest BCUT2D eigenvalue weighted by molar-refractivity contribution is -0.147. The van der Waals surface area contributed by atoms with Crippen LogP contribution in [0.3, 0.4) is 0 Å². The van der Waals surface area contributed by atoms with Crippen molar-refractivity contribution in [2.24, 2.45) is 7.05 Å². The molecule has 0 aliphatic heterocycles. The van der Waals surface area contributed by atoms with Crippen LogP contribution >= 0.6 is 11.6 Å². The summed E-state index contributed by atoms with van der Waals surface area (Å²) in [5.74, 6) is 0.409. The Hall–Kier alpha value is -2.54. The first-order valence-corrected chi connectivity index (χ1v) is 7.87. The quantitative estimate of drug-likeness (QED) is 0.576. The molecule has 0 amide bonds. The number of halogens is 1. The molecule has 0 spiro atoms. The molecule has 25 heavy (non-hydrogen) atoms. The van der Waals surface area contributed by atoms with Gasteiger partial charge in [-0.3, -0.25) is 4.79 Å². The Kier molecular flexibility index (Phi) is 5.69. The number of methoxy groups -OCH3 is 1. The molecule has 2 aromatic rings. The summed E-state index contributed by atoms with van der Waals surface area (Å²) >= 11 is 6.21. The van der Waals surface area contributed by atoms with Crippen LogP contribution in [0.2, 0.25) is 5.02 Å². The van der Waals surface area contributed by atoms with E-state index < -0.39 is 12.1 Å². The highest BCUT2D eigenvalue weighted by Gasteiger charge is 2.20. The highest BCUT2D eigenvalue weighted by atomic mass is 35.5. The van der Waals surface area contributed by atoms with E-state index in [2.05, 4.69) is 9.84 Å². The van der Waals surface area contributed by atoms with Gasteiger partial charge in [-0.25, -0.2) is 9.48 Å². The number of aromatic nitrogens is 2. The number of aldehydes is 1. The Balaban J connectivity index is 2.40. The van der Waals surface area contributed by atoms with Gasteiger partial charge < -0.3 is 14.2 Å². The largest absolute Gasteiger partial charge is 0.478 e. The lowest BCUT2D eigenvalue weighted by Gasteiger charge is -2.16. The first-order chi connectivity index (χ1) is 11.8. The van der Waals surface area contributed by atoms with Gasteiger partial charge in [-0.2, -0.15) is 5.10 Å². The van der Waals surface area contributed by atoms with Gasteiger partial charge in [0.2, 0.25) is 5.88 Å². The molecule has 0 saturated carbocycles. The molecule has 0 radical (unpaired) electrons. The van der Waals surface area contributed by atoms with Crippen molar-refractivity contribution < 1.29 is 23.8 Å². The standard InChI is InChI=1S/C17H19ClN2O5/c1-9-10(2)19-20(4)16(9)25-15-7-14(12(8-21)6-13(15)18)24-11(3)17(22)23-5/h6-8,11H,1-5H3/t11-/m0/s1. The summed E-state index contributed by atoms with van der Waals surface area (Å²) in [5, 5.41) is 4.51. The van der Waals surface area contributed by atoms with Crippen LogP contribution in [0.15, 0.2) is 12.1 Å². The lowest BCUT2D eigenvalue weighted by Crippen LogP contribution is -2.25. The Morgan fingerprint density at radius 2 is 2.00 bits per heavy atom. The van der Waals surface area contributed by atoms with Crippen molar-refractivity contribution >= 4 is 23.9 Å². The number of benzene rings is 1. The minimum absolute atomic E-state index is 0.170. The summed E-state index contributed by atoms with van der Waals surface area (Å²) in [7, 11) is 3.01. The summed E-state index contributed by atoms with van der Waals surface area (Å²) < 4.78 is 17.6. The Bertz CT molecular complexity index is 816. The molecule has 1 aromatic carbocycles. The number of aryl methyl sites for hydroxylation is 2. The third kappa shape index (κ3) is 3.93. The molecule has 0 unspecified atom stereocenters. The van der Waals surface area contributed by atoms with Crippen LogP contribution in [0.4, 0.5) is 0 Å². The van der Waals surface area contributed by atoms with Crippen LogP contribution in [0, 0.1) is 13.8 Å². The predicted molar refractivity (Wildman–Crippen MR) is 91.7 cm³/mol. The Morgan fingerprint density at radius 1 is 1.32 bits per heavy atom. The molecule has 2 rings (SSSR count). The van der Waals surface area contributed by atoms with Crippen molar-refractivity contribution in [3.05, 3.63) is 34.0 Å². The predicted octanol–water partition coefficient (Wildman–Crippen LogP) is 3.24. The summed E-state index contributed by atoms with van der Waals surface area (Å²) in [6.07, 6.45) is -0.299. The number of hydrogen-bond donors (Lipinski definition) is 0. The molecule has 8 heteroatoms. The van der Waals surface area contributed by atoms with E-state index in [4.69, 9.17) is 21.1 Å². The topological polar surface area (TPSA) is 79.7 Å². The molecule has 0 saturated heterocycles. The molecular weight excluding hydrogens is 348 g/mol. The van der Waals surface area contributed by atoms with Gasteiger partial charge in [0.1, 0.15) is 5.75 Å². The molecule has 0 aliphatic carbocycles. The van der Waals surface area contributed by atoms with Crippen LogP contribution in [0.5, 0.6) is 17.4 Å². The molecular formula is C17H19ClN2O5. The molecule has 0 N–H and O–H groups in total. The fraction of sp³-hybridized carbons (Fsp3) is 0.353. The fourth-order valence-corrected chi connectivity index (χ4v) is 2.43. The number of nitrogens with zero attached hydrogens (tertiary/aromatic N) is 2. The number of esters is 1. The van der Waals surface area contributed by atoms with E-state index in [1.807, 2.05) is 13.8 Å². The molecule has 1 heterocycles. The number of rotatable bonds is 6. The molecule has 1 atom stereocenters. The molecule has 0 bridgehead atoms. The van der Waals surface area contributed by atoms with Gasteiger partial charge in [-0.1, -0.05) is 11.6 Å². The van der Waals surface area contributed by atoms with Crippen LogP contribution in [-0.2, 0) is 16.6 Å². The van der Waals surface area contributed by atoms with E-state index in [1.165, 1.54) is 26.2 Å². The van der Waals surface area contributed by atoms with E-state index >= 15 is 0 Å². The monoisotopic (exact) mass is 366 g/mol. The zero-order chi connectivity index (χ0) is 18.7. The van der Waals surface area contributed by atoms with Crippen molar-refractivity contribution in [1.29, 1.82) is 0 Å². The van der Waals surface area contributed by atoms with Crippen LogP contribution in [0.1, 0.15) is 28.5 Å². The van der Waals surface area contributed by atoms with Crippen molar-refractivity contribution in [2.75, 3.05) is 7.11 Å². The summed E-state index contributed by atoms with van der Waals surface area (Å²) in [6, 6.07) is 2.88. The second-order valence-corrected chi connectivity index (χ2v) is 5.87. The molecule has 1 aromatic heterocycles. The van der Waals surface area contributed by atoms with E-state index in [9.17, 15) is 9.59 Å². The SMILES string of the molecule is COC(=O)[C@H](C)Oc1cc(Oc2c(C)c(C)nn2C)c(Cl)cc1C=O. The summed E-state index contributed by atoms with van der Waals surface area (Å²) in [4.78, 5) is 22.8. The maximum absolute atomic E-state index is 11.5. The first-order valence-electron chi connectivity index (χ1n) is 7.49. The minimum Gasteiger partial charge on any atom is -0.478 e. The Labute approximate surface area is 150 Å². The van der Waals surface area contributed by atoms with Gasteiger partial charge in [-0.05, 0) is 26.8 Å². The van der Waals surface area contributed by atoms with Gasteiger partial charge >= 0.3 is 5.97 Å². The van der Waals surface area contributed by atoms with E-state index in [0.717, 1.165) is 11.3 Å². The van der Waals surface area contributed by atoms with Gasteiger partial charge in [-0.15, -0.1) is 0 Å².